The Morgan fingerprint density at radius 2 is 1.86 bits per heavy atom. The number of rotatable bonds is 7. The molecule has 0 fully saturated rings. The molecule has 0 radical (unpaired) electrons. The van der Waals surface area contributed by atoms with Gasteiger partial charge in [0.25, 0.3) is 0 Å². The zero-order chi connectivity index (χ0) is 15.8. The molecule has 6 nitrogen and oxygen atoms in total. The first kappa shape index (κ1) is 16.7. The molecule has 114 valence electrons. The van der Waals surface area contributed by atoms with Crippen molar-refractivity contribution in [2.75, 3.05) is 13.6 Å². The molecule has 0 aliphatic rings. The van der Waals surface area contributed by atoms with Crippen LogP contribution in [0.25, 0.3) is 0 Å². The average Bonchev–Trinajstić information content (AvgIpc) is 2.44. The minimum absolute atomic E-state index is 0.148. The van der Waals surface area contributed by atoms with Crippen LogP contribution in [-0.4, -0.2) is 47.4 Å². The summed E-state index contributed by atoms with van der Waals surface area (Å²) >= 11 is 0. The number of nitrogens with zero attached hydrogens (tertiary/aromatic N) is 1. The van der Waals surface area contributed by atoms with Gasteiger partial charge in [0, 0.05) is 14.0 Å². The van der Waals surface area contributed by atoms with E-state index in [1.807, 2.05) is 30.3 Å². The minimum atomic E-state index is -1.08. The SMILES string of the molecule is CC(=O)N(C)CC(=O)N[C@@H](CCc1ccccc1)C(=O)O. The molecule has 6 heteroatoms. The zero-order valence-electron chi connectivity index (χ0n) is 12.2. The Bertz CT molecular complexity index is 502. The second-order valence-corrected chi connectivity index (χ2v) is 4.86. The number of nitrogens with one attached hydrogen (secondary N) is 1. The number of carbonyl (C=O) groups excluding carboxylic acids is 2. The Morgan fingerprint density at radius 3 is 2.38 bits per heavy atom. The molecule has 2 N–H and O–H groups in total. The maximum absolute atomic E-state index is 11.7. The molecule has 0 aliphatic carbocycles. The molecular formula is C15H20N2O4. The summed E-state index contributed by atoms with van der Waals surface area (Å²) in [6.07, 6.45) is 0.857. The molecule has 0 saturated heterocycles. The first-order chi connectivity index (χ1) is 9.90. The van der Waals surface area contributed by atoms with Gasteiger partial charge < -0.3 is 15.3 Å². The third-order valence-corrected chi connectivity index (χ3v) is 3.12. The third kappa shape index (κ3) is 6.07. The van der Waals surface area contributed by atoms with Crippen LogP contribution in [-0.2, 0) is 20.8 Å². The Labute approximate surface area is 123 Å². The number of carboxylic acid groups (broad SMARTS) is 1. The molecule has 0 saturated carbocycles. The standard InChI is InChI=1S/C15H20N2O4/c1-11(18)17(2)10-14(19)16-13(15(20)21)9-8-12-6-4-3-5-7-12/h3-7,13H,8-10H2,1-2H3,(H,16,19)(H,20,21)/t13-/m0/s1. The van der Waals surface area contributed by atoms with Gasteiger partial charge >= 0.3 is 5.97 Å². The van der Waals surface area contributed by atoms with Crippen molar-refractivity contribution in [3.05, 3.63) is 35.9 Å². The number of aliphatic carboxylic acids is 1. The van der Waals surface area contributed by atoms with Crippen LogP contribution in [0, 0.1) is 0 Å². The van der Waals surface area contributed by atoms with E-state index in [4.69, 9.17) is 5.11 Å². The van der Waals surface area contributed by atoms with E-state index in [9.17, 15) is 14.4 Å². The fourth-order valence-corrected chi connectivity index (χ4v) is 1.78. The van der Waals surface area contributed by atoms with Crippen LogP contribution < -0.4 is 5.32 Å². The van der Waals surface area contributed by atoms with Crippen LogP contribution in [0.15, 0.2) is 30.3 Å². The number of amides is 2. The lowest BCUT2D eigenvalue weighted by Crippen LogP contribution is -2.45. The summed E-state index contributed by atoms with van der Waals surface area (Å²) in [7, 11) is 1.49. The lowest BCUT2D eigenvalue weighted by Gasteiger charge is -2.18. The van der Waals surface area contributed by atoms with Crippen LogP contribution in [0.5, 0.6) is 0 Å². The normalized spacial score (nSPS) is 11.5. The minimum Gasteiger partial charge on any atom is -0.480 e. The second-order valence-electron chi connectivity index (χ2n) is 4.86. The zero-order valence-corrected chi connectivity index (χ0v) is 12.2. The summed E-state index contributed by atoms with van der Waals surface area (Å²) in [5.41, 5.74) is 1.01. The molecule has 1 aromatic rings. The smallest absolute Gasteiger partial charge is 0.326 e. The molecular weight excluding hydrogens is 272 g/mol. The Kier molecular flexibility index (Phi) is 6.39. The van der Waals surface area contributed by atoms with Gasteiger partial charge in [0.1, 0.15) is 6.04 Å². The maximum atomic E-state index is 11.7. The molecule has 1 rings (SSSR count). The maximum Gasteiger partial charge on any atom is 0.326 e. The highest BCUT2D eigenvalue weighted by molar-refractivity contribution is 5.87. The lowest BCUT2D eigenvalue weighted by molar-refractivity contribution is -0.142. The van der Waals surface area contributed by atoms with E-state index in [2.05, 4.69) is 5.32 Å². The molecule has 1 atom stereocenters. The summed E-state index contributed by atoms with van der Waals surface area (Å²) in [5.74, 6) is -1.81. The number of carboxylic acids is 1. The van der Waals surface area contributed by atoms with Gasteiger partial charge in [-0.3, -0.25) is 9.59 Å². The van der Waals surface area contributed by atoms with Crippen LogP contribution >= 0.6 is 0 Å². The molecule has 0 heterocycles. The van der Waals surface area contributed by atoms with E-state index in [0.717, 1.165) is 5.56 Å². The summed E-state index contributed by atoms with van der Waals surface area (Å²) in [5, 5.41) is 11.6. The predicted molar refractivity (Wildman–Crippen MR) is 77.6 cm³/mol. The van der Waals surface area contributed by atoms with Crippen LogP contribution in [0.1, 0.15) is 18.9 Å². The van der Waals surface area contributed by atoms with Crippen molar-refractivity contribution in [3.63, 3.8) is 0 Å². The topological polar surface area (TPSA) is 86.7 Å². The summed E-state index contributed by atoms with van der Waals surface area (Å²) < 4.78 is 0. The number of carbonyl (C=O) groups is 3. The quantitative estimate of drug-likeness (QED) is 0.773. The van der Waals surface area contributed by atoms with E-state index in [1.54, 1.807) is 0 Å². The first-order valence-corrected chi connectivity index (χ1v) is 6.68. The van der Waals surface area contributed by atoms with Crippen molar-refractivity contribution >= 4 is 17.8 Å². The molecule has 0 aromatic heterocycles. The predicted octanol–water partition coefficient (Wildman–Crippen LogP) is 0.667. The van der Waals surface area contributed by atoms with Crippen molar-refractivity contribution in [3.8, 4) is 0 Å². The average molecular weight is 292 g/mol. The number of hydrogen-bond acceptors (Lipinski definition) is 3. The number of hydrogen-bond donors (Lipinski definition) is 2. The molecule has 2 amide bonds. The van der Waals surface area contributed by atoms with Gasteiger partial charge in [-0.15, -0.1) is 0 Å². The number of likely N-dealkylation sites (N-methyl/N-ethyl adjacent to an activating group) is 1. The van der Waals surface area contributed by atoms with E-state index in [1.165, 1.54) is 18.9 Å². The van der Waals surface area contributed by atoms with Crippen LogP contribution in [0.4, 0.5) is 0 Å². The summed E-state index contributed by atoms with van der Waals surface area (Å²) in [6.45, 7) is 1.20. The van der Waals surface area contributed by atoms with Crippen LogP contribution in [0.3, 0.4) is 0 Å². The highest BCUT2D eigenvalue weighted by Crippen LogP contribution is 2.05. The number of benzene rings is 1. The van der Waals surface area contributed by atoms with Gasteiger partial charge in [-0.25, -0.2) is 4.79 Å². The number of aryl methyl sites for hydroxylation is 1. The van der Waals surface area contributed by atoms with E-state index >= 15 is 0 Å². The highest BCUT2D eigenvalue weighted by atomic mass is 16.4. The second kappa shape index (κ2) is 8.04. The van der Waals surface area contributed by atoms with E-state index in [0.29, 0.717) is 12.8 Å². The van der Waals surface area contributed by atoms with Crippen molar-refractivity contribution in [1.29, 1.82) is 0 Å². The van der Waals surface area contributed by atoms with Gasteiger partial charge in [0.15, 0.2) is 0 Å². The summed E-state index contributed by atoms with van der Waals surface area (Å²) in [4.78, 5) is 35.2. The molecule has 0 spiro atoms. The van der Waals surface area contributed by atoms with Crippen molar-refractivity contribution < 1.29 is 19.5 Å². The van der Waals surface area contributed by atoms with Crippen molar-refractivity contribution in [2.45, 2.75) is 25.8 Å². The van der Waals surface area contributed by atoms with Gasteiger partial charge in [-0.1, -0.05) is 30.3 Å². The van der Waals surface area contributed by atoms with Gasteiger partial charge in [-0.05, 0) is 18.4 Å². The molecule has 0 aliphatic heterocycles. The first-order valence-electron chi connectivity index (χ1n) is 6.68. The monoisotopic (exact) mass is 292 g/mol. The van der Waals surface area contributed by atoms with Crippen molar-refractivity contribution in [2.24, 2.45) is 0 Å². The Hall–Kier alpha value is -2.37. The van der Waals surface area contributed by atoms with E-state index < -0.39 is 17.9 Å². The fraction of sp³-hybridized carbons (Fsp3) is 0.400. The van der Waals surface area contributed by atoms with Gasteiger partial charge in [0.2, 0.25) is 11.8 Å². The highest BCUT2D eigenvalue weighted by Gasteiger charge is 2.20. The van der Waals surface area contributed by atoms with Crippen molar-refractivity contribution in [1.82, 2.24) is 10.2 Å². The molecule has 0 bridgehead atoms. The fourth-order valence-electron chi connectivity index (χ4n) is 1.78. The molecule has 1 aromatic carbocycles. The molecule has 21 heavy (non-hydrogen) atoms. The Morgan fingerprint density at radius 1 is 1.24 bits per heavy atom. The van der Waals surface area contributed by atoms with Gasteiger partial charge in [-0.2, -0.15) is 0 Å². The van der Waals surface area contributed by atoms with Crippen LogP contribution in [0.2, 0.25) is 0 Å². The Balaban J connectivity index is 2.52. The largest absolute Gasteiger partial charge is 0.480 e. The molecule has 0 unspecified atom stereocenters. The van der Waals surface area contributed by atoms with E-state index in [-0.39, 0.29) is 12.5 Å². The lowest BCUT2D eigenvalue weighted by atomic mass is 10.1. The van der Waals surface area contributed by atoms with Gasteiger partial charge in [0.05, 0.1) is 6.54 Å². The summed E-state index contributed by atoms with van der Waals surface area (Å²) in [6, 6.07) is 8.50. The third-order valence-electron chi connectivity index (χ3n) is 3.12.